The molecule has 0 saturated heterocycles. The van der Waals surface area contributed by atoms with Crippen molar-refractivity contribution >= 4 is 22.8 Å². The van der Waals surface area contributed by atoms with E-state index in [9.17, 15) is 9.18 Å². The van der Waals surface area contributed by atoms with Crippen LogP contribution in [0.5, 0.6) is 0 Å². The molecule has 2 aliphatic rings. The van der Waals surface area contributed by atoms with Crippen molar-refractivity contribution in [3.05, 3.63) is 35.6 Å². The normalized spacial score (nSPS) is 25.7. The lowest BCUT2D eigenvalue weighted by Crippen LogP contribution is -2.29. The van der Waals surface area contributed by atoms with Gasteiger partial charge in [0.2, 0.25) is 5.91 Å². The van der Waals surface area contributed by atoms with E-state index in [1.54, 1.807) is 23.9 Å². The number of nitrogens with one attached hydrogen (secondary N) is 1. The maximum absolute atomic E-state index is 12.8. The van der Waals surface area contributed by atoms with Gasteiger partial charge in [0.15, 0.2) is 5.17 Å². The topological polar surface area (TPSA) is 41.5 Å². The third-order valence-corrected chi connectivity index (χ3v) is 4.13. The molecule has 1 aliphatic carbocycles. The molecule has 1 saturated carbocycles. The van der Waals surface area contributed by atoms with E-state index in [4.69, 9.17) is 0 Å². The number of halogens is 1. The Hall–Kier alpha value is -1.36. The molecular weight excluding hydrogens is 251 g/mol. The Morgan fingerprint density at radius 1 is 1.39 bits per heavy atom. The lowest BCUT2D eigenvalue weighted by Gasteiger charge is -2.03. The van der Waals surface area contributed by atoms with Gasteiger partial charge in [0.05, 0.1) is 6.54 Å². The quantitative estimate of drug-likeness (QED) is 0.889. The van der Waals surface area contributed by atoms with Gasteiger partial charge in [-0.3, -0.25) is 9.79 Å². The average Bonchev–Trinajstić information content (AvgIpc) is 3.01. The van der Waals surface area contributed by atoms with Crippen molar-refractivity contribution in [1.82, 2.24) is 5.32 Å². The minimum absolute atomic E-state index is 0.0133. The Bertz CT molecular complexity index is 500. The lowest BCUT2D eigenvalue weighted by molar-refractivity contribution is -0.120. The van der Waals surface area contributed by atoms with E-state index in [1.807, 2.05) is 0 Å². The van der Waals surface area contributed by atoms with Crippen molar-refractivity contribution in [2.75, 3.05) is 12.3 Å². The third-order valence-electron chi connectivity index (χ3n) is 3.24. The van der Waals surface area contributed by atoms with Crippen LogP contribution in [0.1, 0.15) is 17.9 Å². The van der Waals surface area contributed by atoms with Gasteiger partial charge in [-0.2, -0.15) is 0 Å². The van der Waals surface area contributed by atoms with E-state index in [0.717, 1.165) is 29.4 Å². The van der Waals surface area contributed by atoms with Gasteiger partial charge in [0.25, 0.3) is 0 Å². The van der Waals surface area contributed by atoms with Gasteiger partial charge in [-0.05, 0) is 30.0 Å². The molecule has 1 aromatic rings. The number of hydrogen-bond donors (Lipinski definition) is 1. The van der Waals surface area contributed by atoms with Crippen LogP contribution in [0.25, 0.3) is 0 Å². The number of thioether (sulfide) groups is 1. The molecule has 18 heavy (non-hydrogen) atoms. The van der Waals surface area contributed by atoms with Crippen LogP contribution < -0.4 is 5.32 Å². The molecular formula is C13H13FN2OS. The van der Waals surface area contributed by atoms with E-state index in [0.29, 0.717) is 0 Å². The standard InChI is InChI=1S/C13H13FN2OS/c14-9-3-1-8(2-4-9)10-7-11(10)12(17)16-13-15-5-6-18-13/h1-4,10-11H,5-7H2,(H,15,16,17)/t10-,11-/m1/s1. The molecule has 1 aromatic carbocycles. The monoisotopic (exact) mass is 264 g/mol. The predicted molar refractivity (Wildman–Crippen MR) is 70.2 cm³/mol. The molecule has 0 aromatic heterocycles. The second-order valence-corrected chi connectivity index (χ2v) is 5.61. The molecule has 1 aliphatic heterocycles. The van der Waals surface area contributed by atoms with E-state index < -0.39 is 0 Å². The number of carbonyl (C=O) groups is 1. The van der Waals surface area contributed by atoms with Crippen LogP contribution in [0.15, 0.2) is 29.3 Å². The number of carbonyl (C=O) groups excluding carboxylic acids is 1. The van der Waals surface area contributed by atoms with Crippen LogP contribution in [0.4, 0.5) is 4.39 Å². The molecule has 1 heterocycles. The minimum atomic E-state index is -0.239. The third kappa shape index (κ3) is 2.41. The number of amidine groups is 1. The number of nitrogens with zero attached hydrogens (tertiary/aromatic N) is 1. The maximum Gasteiger partial charge on any atom is 0.229 e. The summed E-state index contributed by atoms with van der Waals surface area (Å²) in [5, 5.41) is 3.59. The Balaban J connectivity index is 1.60. The fourth-order valence-electron chi connectivity index (χ4n) is 2.17. The summed E-state index contributed by atoms with van der Waals surface area (Å²) in [6, 6.07) is 6.41. The Morgan fingerprint density at radius 3 is 2.83 bits per heavy atom. The molecule has 94 valence electrons. The van der Waals surface area contributed by atoms with Crippen LogP contribution in [-0.2, 0) is 4.79 Å². The zero-order valence-electron chi connectivity index (χ0n) is 9.73. The summed E-state index contributed by atoms with van der Waals surface area (Å²) in [5.74, 6) is 0.994. The first-order valence-corrected chi connectivity index (χ1v) is 6.96. The lowest BCUT2D eigenvalue weighted by atomic mass is 10.1. The van der Waals surface area contributed by atoms with Gasteiger partial charge in [0, 0.05) is 11.7 Å². The number of aliphatic imine (C=N–C) groups is 1. The van der Waals surface area contributed by atoms with Crippen LogP contribution in [-0.4, -0.2) is 23.4 Å². The molecule has 2 atom stereocenters. The first-order valence-electron chi connectivity index (χ1n) is 5.97. The van der Waals surface area contributed by atoms with Crippen LogP contribution >= 0.6 is 11.8 Å². The number of benzene rings is 1. The molecule has 3 nitrogen and oxygen atoms in total. The highest BCUT2D eigenvalue weighted by Gasteiger charge is 2.44. The van der Waals surface area contributed by atoms with Gasteiger partial charge in [0.1, 0.15) is 5.82 Å². The molecule has 0 radical (unpaired) electrons. The Labute approximate surface area is 109 Å². The average molecular weight is 264 g/mol. The zero-order chi connectivity index (χ0) is 12.5. The highest BCUT2D eigenvalue weighted by Crippen LogP contribution is 2.47. The van der Waals surface area contributed by atoms with Crippen molar-refractivity contribution in [2.45, 2.75) is 12.3 Å². The van der Waals surface area contributed by atoms with Gasteiger partial charge in [-0.25, -0.2) is 4.39 Å². The summed E-state index contributed by atoms with van der Waals surface area (Å²) >= 11 is 1.58. The highest BCUT2D eigenvalue weighted by atomic mass is 32.2. The predicted octanol–water partition coefficient (Wildman–Crippen LogP) is 2.15. The van der Waals surface area contributed by atoms with Gasteiger partial charge < -0.3 is 5.32 Å². The fourth-order valence-corrected chi connectivity index (χ4v) is 2.90. The van der Waals surface area contributed by atoms with Gasteiger partial charge in [-0.15, -0.1) is 0 Å². The molecule has 5 heteroatoms. The smallest absolute Gasteiger partial charge is 0.229 e. The number of hydrogen-bond acceptors (Lipinski definition) is 3. The van der Waals surface area contributed by atoms with Crippen molar-refractivity contribution in [3.8, 4) is 0 Å². The summed E-state index contributed by atoms with van der Waals surface area (Å²) in [6.07, 6.45) is 0.843. The van der Waals surface area contributed by atoms with E-state index in [-0.39, 0.29) is 23.6 Å². The SMILES string of the molecule is O=C(NC1=NCCS1)[C@@H]1C[C@@H]1c1ccc(F)cc1. The summed E-state index contributed by atoms with van der Waals surface area (Å²) in [4.78, 5) is 16.1. The first-order chi connectivity index (χ1) is 8.74. The molecule has 0 spiro atoms. The summed E-state index contributed by atoms with van der Waals surface area (Å²) in [6.45, 7) is 0.784. The van der Waals surface area contributed by atoms with Crippen molar-refractivity contribution in [1.29, 1.82) is 0 Å². The maximum atomic E-state index is 12.8. The summed E-state index contributed by atoms with van der Waals surface area (Å²) in [7, 11) is 0. The number of rotatable bonds is 2. The molecule has 1 N–H and O–H groups in total. The summed E-state index contributed by atoms with van der Waals surface area (Å²) < 4.78 is 12.8. The second kappa shape index (κ2) is 4.72. The van der Waals surface area contributed by atoms with E-state index in [1.165, 1.54) is 12.1 Å². The van der Waals surface area contributed by atoms with Crippen molar-refractivity contribution in [2.24, 2.45) is 10.9 Å². The molecule has 0 unspecified atom stereocenters. The second-order valence-electron chi connectivity index (χ2n) is 4.52. The molecule has 0 bridgehead atoms. The zero-order valence-corrected chi connectivity index (χ0v) is 10.5. The van der Waals surface area contributed by atoms with E-state index >= 15 is 0 Å². The molecule has 3 rings (SSSR count). The van der Waals surface area contributed by atoms with Crippen LogP contribution in [0, 0.1) is 11.7 Å². The largest absolute Gasteiger partial charge is 0.305 e. The number of amides is 1. The molecule has 1 amide bonds. The Morgan fingerprint density at radius 2 is 2.17 bits per heavy atom. The van der Waals surface area contributed by atoms with Crippen LogP contribution in [0.2, 0.25) is 0 Å². The minimum Gasteiger partial charge on any atom is -0.305 e. The van der Waals surface area contributed by atoms with Crippen LogP contribution in [0.3, 0.4) is 0 Å². The van der Waals surface area contributed by atoms with Gasteiger partial charge >= 0.3 is 0 Å². The van der Waals surface area contributed by atoms with Crippen molar-refractivity contribution in [3.63, 3.8) is 0 Å². The summed E-state index contributed by atoms with van der Waals surface area (Å²) in [5.41, 5.74) is 1.04. The fraction of sp³-hybridized carbons (Fsp3) is 0.385. The van der Waals surface area contributed by atoms with Gasteiger partial charge in [-0.1, -0.05) is 23.9 Å². The Kier molecular flexibility index (Phi) is 3.07. The van der Waals surface area contributed by atoms with Crippen molar-refractivity contribution < 1.29 is 9.18 Å². The highest BCUT2D eigenvalue weighted by molar-refractivity contribution is 8.14. The molecule has 1 fully saturated rings. The van der Waals surface area contributed by atoms with E-state index in [2.05, 4.69) is 10.3 Å². The first kappa shape index (κ1) is 11.7.